The quantitative estimate of drug-likeness (QED) is 0.906. The fraction of sp³-hybridized carbons (Fsp3) is 0.667. The zero-order valence-electron chi connectivity index (χ0n) is 10.9. The predicted octanol–water partition coefficient (Wildman–Crippen LogP) is 2.87. The number of anilines is 1. The van der Waals surface area contributed by atoms with Gasteiger partial charge in [-0.05, 0) is 13.3 Å². The van der Waals surface area contributed by atoms with Gasteiger partial charge in [-0.3, -0.25) is 0 Å². The number of rotatable bonds is 2. The SMILES string of the molecule is Cc1sc(N2CCSC(C)(C)CC2)nc1C(=O)O. The van der Waals surface area contributed by atoms with E-state index in [0.29, 0.717) is 4.75 Å². The second kappa shape index (κ2) is 5.09. The van der Waals surface area contributed by atoms with E-state index >= 15 is 0 Å². The molecule has 0 spiro atoms. The van der Waals surface area contributed by atoms with E-state index in [1.54, 1.807) is 0 Å². The number of thioether (sulfide) groups is 1. The third kappa shape index (κ3) is 2.98. The number of hydrogen-bond donors (Lipinski definition) is 1. The Balaban J connectivity index is 2.17. The van der Waals surface area contributed by atoms with E-state index < -0.39 is 5.97 Å². The molecule has 100 valence electrons. The number of thiazole rings is 1. The molecule has 0 atom stereocenters. The molecular weight excluding hydrogens is 268 g/mol. The van der Waals surface area contributed by atoms with E-state index in [2.05, 4.69) is 23.7 Å². The van der Waals surface area contributed by atoms with Gasteiger partial charge in [-0.25, -0.2) is 9.78 Å². The second-order valence-corrected chi connectivity index (χ2v) is 8.04. The number of aromatic nitrogens is 1. The normalized spacial score (nSPS) is 19.6. The number of hydrogen-bond acceptors (Lipinski definition) is 5. The molecule has 1 saturated heterocycles. The Morgan fingerprint density at radius 3 is 2.78 bits per heavy atom. The van der Waals surface area contributed by atoms with Crippen molar-refractivity contribution in [3.8, 4) is 0 Å². The van der Waals surface area contributed by atoms with E-state index in [4.69, 9.17) is 5.11 Å². The van der Waals surface area contributed by atoms with Crippen LogP contribution in [0, 0.1) is 6.92 Å². The summed E-state index contributed by atoms with van der Waals surface area (Å²) in [5, 5.41) is 9.89. The number of aryl methyl sites for hydroxylation is 1. The van der Waals surface area contributed by atoms with Crippen LogP contribution in [0.15, 0.2) is 0 Å². The summed E-state index contributed by atoms with van der Waals surface area (Å²) in [6.07, 6.45) is 1.10. The summed E-state index contributed by atoms with van der Waals surface area (Å²) >= 11 is 3.46. The summed E-state index contributed by atoms with van der Waals surface area (Å²) in [7, 11) is 0. The molecule has 0 aliphatic carbocycles. The lowest BCUT2D eigenvalue weighted by Crippen LogP contribution is -2.26. The average molecular weight is 286 g/mol. The maximum absolute atomic E-state index is 11.0. The smallest absolute Gasteiger partial charge is 0.355 e. The standard InChI is InChI=1S/C12H18N2O2S2/c1-8-9(10(15)16)13-11(18-8)14-5-4-12(2,3)17-7-6-14/h4-7H2,1-3H3,(H,15,16). The van der Waals surface area contributed by atoms with Crippen LogP contribution in [0.1, 0.15) is 35.6 Å². The highest BCUT2D eigenvalue weighted by Gasteiger charge is 2.26. The first-order chi connectivity index (χ1) is 8.39. The van der Waals surface area contributed by atoms with Crippen molar-refractivity contribution < 1.29 is 9.90 Å². The summed E-state index contributed by atoms with van der Waals surface area (Å²) in [5.74, 6) is 0.133. The minimum Gasteiger partial charge on any atom is -0.476 e. The van der Waals surface area contributed by atoms with Gasteiger partial charge in [0, 0.05) is 28.5 Å². The fourth-order valence-corrected chi connectivity index (χ4v) is 3.98. The molecule has 0 aromatic carbocycles. The lowest BCUT2D eigenvalue weighted by molar-refractivity contribution is 0.0690. The Morgan fingerprint density at radius 2 is 2.17 bits per heavy atom. The Bertz CT molecular complexity index is 457. The lowest BCUT2D eigenvalue weighted by Gasteiger charge is -2.22. The molecule has 1 N–H and O–H groups in total. The maximum Gasteiger partial charge on any atom is 0.355 e. The Labute approximate surface area is 115 Å². The third-order valence-electron chi connectivity index (χ3n) is 3.10. The van der Waals surface area contributed by atoms with Gasteiger partial charge in [0.05, 0.1) is 0 Å². The molecule has 1 aliphatic heterocycles. The number of nitrogens with zero attached hydrogens (tertiary/aromatic N) is 2. The highest BCUT2D eigenvalue weighted by molar-refractivity contribution is 8.00. The fourth-order valence-electron chi connectivity index (χ4n) is 1.93. The molecule has 18 heavy (non-hydrogen) atoms. The van der Waals surface area contributed by atoms with Gasteiger partial charge in [-0.2, -0.15) is 11.8 Å². The molecule has 0 unspecified atom stereocenters. The average Bonchev–Trinajstić information content (AvgIpc) is 2.55. The molecule has 1 aromatic heterocycles. The largest absolute Gasteiger partial charge is 0.476 e. The van der Waals surface area contributed by atoms with Gasteiger partial charge in [0.2, 0.25) is 0 Å². The van der Waals surface area contributed by atoms with Crippen molar-refractivity contribution in [3.05, 3.63) is 10.6 Å². The summed E-state index contributed by atoms with van der Waals surface area (Å²) in [6, 6.07) is 0. The Kier molecular flexibility index (Phi) is 3.87. The molecule has 4 nitrogen and oxygen atoms in total. The number of carbonyl (C=O) groups is 1. The molecule has 0 radical (unpaired) electrons. The Hall–Kier alpha value is -0.750. The van der Waals surface area contributed by atoms with E-state index in [-0.39, 0.29) is 5.69 Å². The molecule has 0 bridgehead atoms. The molecule has 2 rings (SSSR count). The van der Waals surface area contributed by atoms with Crippen LogP contribution in [0.4, 0.5) is 5.13 Å². The van der Waals surface area contributed by atoms with Gasteiger partial charge >= 0.3 is 5.97 Å². The van der Waals surface area contributed by atoms with E-state index in [1.165, 1.54) is 11.3 Å². The molecule has 0 saturated carbocycles. The van der Waals surface area contributed by atoms with Crippen LogP contribution in [-0.2, 0) is 0 Å². The molecule has 1 fully saturated rings. The minimum absolute atomic E-state index is 0.200. The second-order valence-electron chi connectivity index (χ2n) is 5.05. The van der Waals surface area contributed by atoms with Crippen molar-refractivity contribution in [2.45, 2.75) is 31.9 Å². The topological polar surface area (TPSA) is 53.4 Å². The number of carboxylic acids is 1. The van der Waals surface area contributed by atoms with Crippen LogP contribution in [0.3, 0.4) is 0 Å². The molecular formula is C12H18N2O2S2. The van der Waals surface area contributed by atoms with E-state index in [1.807, 2.05) is 18.7 Å². The molecule has 6 heteroatoms. The summed E-state index contributed by atoms with van der Waals surface area (Å²) < 4.78 is 0.302. The monoisotopic (exact) mass is 286 g/mol. The molecule has 2 heterocycles. The van der Waals surface area contributed by atoms with Crippen molar-refractivity contribution in [2.24, 2.45) is 0 Å². The predicted molar refractivity (Wildman–Crippen MR) is 77.2 cm³/mol. The van der Waals surface area contributed by atoms with Gasteiger partial charge in [0.1, 0.15) is 0 Å². The van der Waals surface area contributed by atoms with Crippen molar-refractivity contribution >= 4 is 34.2 Å². The molecule has 1 aliphatic rings. The summed E-state index contributed by atoms with van der Waals surface area (Å²) in [5.41, 5.74) is 0.200. The number of aromatic carboxylic acids is 1. The van der Waals surface area contributed by atoms with Crippen LogP contribution >= 0.6 is 23.1 Å². The molecule has 1 aromatic rings. The number of carboxylic acid groups (broad SMARTS) is 1. The maximum atomic E-state index is 11.0. The zero-order valence-corrected chi connectivity index (χ0v) is 12.5. The van der Waals surface area contributed by atoms with Crippen LogP contribution in [0.2, 0.25) is 0 Å². The van der Waals surface area contributed by atoms with E-state index in [0.717, 1.165) is 35.3 Å². The summed E-state index contributed by atoms with van der Waals surface area (Å²) in [6.45, 7) is 8.24. The third-order valence-corrected chi connectivity index (χ3v) is 5.50. The highest BCUT2D eigenvalue weighted by Crippen LogP contribution is 2.34. The van der Waals surface area contributed by atoms with Crippen LogP contribution in [0.25, 0.3) is 0 Å². The van der Waals surface area contributed by atoms with Crippen molar-refractivity contribution in [1.82, 2.24) is 4.98 Å². The van der Waals surface area contributed by atoms with Crippen molar-refractivity contribution in [3.63, 3.8) is 0 Å². The van der Waals surface area contributed by atoms with Gasteiger partial charge in [0.15, 0.2) is 10.8 Å². The molecule has 0 amide bonds. The van der Waals surface area contributed by atoms with E-state index in [9.17, 15) is 4.79 Å². The van der Waals surface area contributed by atoms with Gasteiger partial charge in [0.25, 0.3) is 0 Å². The van der Waals surface area contributed by atoms with Crippen LogP contribution in [0.5, 0.6) is 0 Å². The van der Waals surface area contributed by atoms with Gasteiger partial charge in [-0.15, -0.1) is 11.3 Å². The van der Waals surface area contributed by atoms with Gasteiger partial charge in [-0.1, -0.05) is 13.8 Å². The highest BCUT2D eigenvalue weighted by atomic mass is 32.2. The van der Waals surface area contributed by atoms with Gasteiger partial charge < -0.3 is 10.0 Å². The van der Waals surface area contributed by atoms with Crippen LogP contribution < -0.4 is 4.90 Å². The first-order valence-corrected chi connectivity index (χ1v) is 7.79. The lowest BCUT2D eigenvalue weighted by atomic mass is 10.1. The van der Waals surface area contributed by atoms with Crippen LogP contribution in [-0.4, -0.2) is 39.6 Å². The first kappa shape index (κ1) is 13.7. The first-order valence-electron chi connectivity index (χ1n) is 5.99. The Morgan fingerprint density at radius 1 is 1.44 bits per heavy atom. The van der Waals surface area contributed by atoms with Crippen molar-refractivity contribution in [2.75, 3.05) is 23.7 Å². The minimum atomic E-state index is -0.931. The summed E-state index contributed by atoms with van der Waals surface area (Å²) in [4.78, 5) is 18.3. The zero-order chi connectivity index (χ0) is 13.3. The van der Waals surface area contributed by atoms with Crippen molar-refractivity contribution in [1.29, 1.82) is 0 Å².